The normalized spacial score (nSPS) is 11.5. The molecule has 0 aliphatic rings. The van der Waals surface area contributed by atoms with Gasteiger partial charge in [-0.15, -0.1) is 24.8 Å². The van der Waals surface area contributed by atoms with Gasteiger partial charge >= 0.3 is 0 Å². The number of ether oxygens (including phenoxy) is 1. The Bertz CT molecular complexity index is 662. The van der Waals surface area contributed by atoms with Crippen molar-refractivity contribution in [2.24, 2.45) is 12.8 Å². The van der Waals surface area contributed by atoms with E-state index < -0.39 is 0 Å². The van der Waals surface area contributed by atoms with Gasteiger partial charge in [-0.25, -0.2) is 9.37 Å². The number of hydrogen-bond acceptors (Lipinski definition) is 4. The summed E-state index contributed by atoms with van der Waals surface area (Å²) in [5.74, 6) is 0.378. The highest BCUT2D eigenvalue weighted by atomic mass is 35.5. The summed E-state index contributed by atoms with van der Waals surface area (Å²) in [7, 11) is 3.41. The summed E-state index contributed by atoms with van der Waals surface area (Å²) in [6, 6.07) is 4.51. The predicted molar refractivity (Wildman–Crippen MR) is 96.4 cm³/mol. The molecule has 0 saturated carbocycles. The minimum absolute atomic E-state index is 0. The molecule has 0 radical (unpaired) electrons. The monoisotopic (exact) mass is 380 g/mol. The third-order valence-corrected chi connectivity index (χ3v) is 3.62. The molecule has 1 atom stereocenters. The van der Waals surface area contributed by atoms with Crippen molar-refractivity contribution in [1.82, 2.24) is 14.9 Å². The van der Waals surface area contributed by atoms with Gasteiger partial charge in [-0.3, -0.25) is 4.79 Å². The number of nitrogens with one attached hydrogen (secondary N) is 1. The standard InChI is InChI=1S/C15H21FN4O2.2ClH/c1-20-13-4-3-10(16)7-12(13)19-14(20)5-6-18-15(21)8-11(9-17)22-2;;/h3-4,7,11H,5-6,8-9,17H2,1-2H3,(H,18,21);2*1H. The van der Waals surface area contributed by atoms with Crippen LogP contribution in [-0.2, 0) is 23.0 Å². The van der Waals surface area contributed by atoms with Crippen LogP contribution in [0, 0.1) is 5.82 Å². The highest BCUT2D eigenvalue weighted by Gasteiger charge is 2.12. The highest BCUT2D eigenvalue weighted by Crippen LogP contribution is 2.16. The van der Waals surface area contributed by atoms with E-state index in [4.69, 9.17) is 10.5 Å². The van der Waals surface area contributed by atoms with Crippen LogP contribution in [0.4, 0.5) is 4.39 Å². The smallest absolute Gasteiger partial charge is 0.222 e. The SMILES string of the molecule is COC(CN)CC(=O)NCCc1nc2cc(F)ccc2n1C.Cl.Cl. The zero-order valence-corrected chi connectivity index (χ0v) is 15.3. The van der Waals surface area contributed by atoms with E-state index >= 15 is 0 Å². The quantitative estimate of drug-likeness (QED) is 0.763. The summed E-state index contributed by atoms with van der Waals surface area (Å²) < 4.78 is 20.2. The molecule has 6 nitrogen and oxygen atoms in total. The summed E-state index contributed by atoms with van der Waals surface area (Å²) in [5.41, 5.74) is 6.96. The van der Waals surface area contributed by atoms with Gasteiger partial charge < -0.3 is 20.4 Å². The van der Waals surface area contributed by atoms with Crippen molar-refractivity contribution in [2.45, 2.75) is 18.9 Å². The van der Waals surface area contributed by atoms with Crippen LogP contribution in [0.5, 0.6) is 0 Å². The zero-order valence-electron chi connectivity index (χ0n) is 13.6. The first kappa shape index (κ1) is 22.6. The van der Waals surface area contributed by atoms with Crippen molar-refractivity contribution in [3.63, 3.8) is 0 Å². The molecule has 0 spiro atoms. The summed E-state index contributed by atoms with van der Waals surface area (Å²) in [4.78, 5) is 16.1. The number of aromatic nitrogens is 2. The second kappa shape index (κ2) is 10.5. The Hall–Kier alpha value is -1.41. The van der Waals surface area contributed by atoms with Crippen molar-refractivity contribution < 1.29 is 13.9 Å². The van der Waals surface area contributed by atoms with Gasteiger partial charge in [0.25, 0.3) is 0 Å². The number of fused-ring (bicyclic) bond motifs is 1. The van der Waals surface area contributed by atoms with Crippen LogP contribution >= 0.6 is 24.8 Å². The first-order valence-electron chi connectivity index (χ1n) is 7.15. The number of carbonyl (C=O) groups excluding carboxylic acids is 1. The lowest BCUT2D eigenvalue weighted by molar-refractivity contribution is -0.123. The minimum atomic E-state index is -0.308. The van der Waals surface area contributed by atoms with Gasteiger partial charge in [-0.1, -0.05) is 0 Å². The number of methoxy groups -OCH3 is 1. The van der Waals surface area contributed by atoms with Crippen molar-refractivity contribution in [3.05, 3.63) is 29.8 Å². The lowest BCUT2D eigenvalue weighted by atomic mass is 10.2. The molecule has 1 amide bonds. The van der Waals surface area contributed by atoms with Gasteiger partial charge in [-0.2, -0.15) is 0 Å². The zero-order chi connectivity index (χ0) is 16.1. The lowest BCUT2D eigenvalue weighted by Crippen LogP contribution is -2.33. The molecule has 24 heavy (non-hydrogen) atoms. The van der Waals surface area contributed by atoms with Crippen molar-refractivity contribution in [3.8, 4) is 0 Å². The van der Waals surface area contributed by atoms with E-state index in [-0.39, 0.29) is 49.1 Å². The van der Waals surface area contributed by atoms with Gasteiger partial charge in [0.15, 0.2) is 0 Å². The van der Waals surface area contributed by atoms with Crippen LogP contribution in [-0.4, -0.2) is 41.8 Å². The summed E-state index contributed by atoms with van der Waals surface area (Å²) in [5, 5.41) is 2.81. The Kier molecular flexibility index (Phi) is 9.84. The molecule has 0 saturated heterocycles. The molecule has 0 aliphatic carbocycles. The number of aryl methyl sites for hydroxylation is 1. The van der Waals surface area contributed by atoms with Gasteiger partial charge in [0, 0.05) is 39.7 Å². The fraction of sp³-hybridized carbons (Fsp3) is 0.467. The van der Waals surface area contributed by atoms with E-state index in [1.54, 1.807) is 6.07 Å². The number of halogens is 3. The van der Waals surface area contributed by atoms with Crippen molar-refractivity contribution in [2.75, 3.05) is 20.2 Å². The Morgan fingerprint density at radius 1 is 1.46 bits per heavy atom. The Labute approximate surface area is 152 Å². The molecule has 2 rings (SSSR count). The maximum Gasteiger partial charge on any atom is 0.222 e. The average Bonchev–Trinajstić information content (AvgIpc) is 2.80. The van der Waals surface area contributed by atoms with Crippen LogP contribution in [0.15, 0.2) is 18.2 Å². The molecule has 0 bridgehead atoms. The molecule has 1 heterocycles. The van der Waals surface area contributed by atoms with Crippen molar-refractivity contribution >= 4 is 41.8 Å². The van der Waals surface area contributed by atoms with Gasteiger partial charge in [0.1, 0.15) is 11.6 Å². The molecule has 1 aromatic carbocycles. The summed E-state index contributed by atoms with van der Waals surface area (Å²) in [6.45, 7) is 0.764. The maximum atomic E-state index is 13.2. The van der Waals surface area contributed by atoms with E-state index in [0.29, 0.717) is 25.0 Å². The van der Waals surface area contributed by atoms with Crippen LogP contribution in [0.25, 0.3) is 11.0 Å². The van der Waals surface area contributed by atoms with E-state index in [2.05, 4.69) is 10.3 Å². The first-order valence-corrected chi connectivity index (χ1v) is 7.15. The molecular formula is C15H23Cl2FN4O2. The fourth-order valence-corrected chi connectivity index (χ4v) is 2.30. The third kappa shape index (κ3) is 5.59. The number of benzene rings is 1. The van der Waals surface area contributed by atoms with E-state index in [1.807, 2.05) is 11.6 Å². The number of nitrogens with zero attached hydrogens (tertiary/aromatic N) is 2. The number of rotatable bonds is 7. The summed E-state index contributed by atoms with van der Waals surface area (Å²) in [6.07, 6.45) is 0.540. The molecule has 136 valence electrons. The topological polar surface area (TPSA) is 82.2 Å². The van der Waals surface area contributed by atoms with E-state index in [1.165, 1.54) is 19.2 Å². The Morgan fingerprint density at radius 2 is 2.17 bits per heavy atom. The number of hydrogen-bond donors (Lipinski definition) is 2. The van der Waals surface area contributed by atoms with Gasteiger partial charge in [0.2, 0.25) is 5.91 Å². The Morgan fingerprint density at radius 3 is 2.79 bits per heavy atom. The second-order valence-electron chi connectivity index (χ2n) is 5.12. The molecule has 9 heteroatoms. The number of nitrogens with two attached hydrogens (primary N) is 1. The summed E-state index contributed by atoms with van der Waals surface area (Å²) >= 11 is 0. The molecule has 1 aromatic heterocycles. The largest absolute Gasteiger partial charge is 0.380 e. The fourth-order valence-electron chi connectivity index (χ4n) is 2.30. The average molecular weight is 381 g/mol. The van der Waals surface area contributed by atoms with Crippen LogP contribution < -0.4 is 11.1 Å². The lowest BCUT2D eigenvalue weighted by Gasteiger charge is -2.12. The first-order chi connectivity index (χ1) is 10.5. The maximum absolute atomic E-state index is 13.2. The van der Waals surface area contributed by atoms with E-state index in [9.17, 15) is 9.18 Å². The number of imidazole rings is 1. The van der Waals surface area contributed by atoms with Crippen molar-refractivity contribution in [1.29, 1.82) is 0 Å². The number of carbonyl (C=O) groups is 1. The highest BCUT2D eigenvalue weighted by molar-refractivity contribution is 5.85. The molecular weight excluding hydrogens is 358 g/mol. The second-order valence-corrected chi connectivity index (χ2v) is 5.12. The molecule has 0 fully saturated rings. The number of amides is 1. The molecule has 2 aromatic rings. The molecule has 0 aliphatic heterocycles. The Balaban J connectivity index is 0.00000264. The van der Waals surface area contributed by atoms with E-state index in [0.717, 1.165) is 11.3 Å². The van der Waals surface area contributed by atoms with Gasteiger partial charge in [-0.05, 0) is 12.1 Å². The third-order valence-electron chi connectivity index (χ3n) is 3.62. The van der Waals surface area contributed by atoms with Gasteiger partial charge in [0.05, 0.1) is 23.6 Å². The molecule has 1 unspecified atom stereocenters. The van der Waals surface area contributed by atoms with Crippen LogP contribution in [0.2, 0.25) is 0 Å². The molecule has 3 N–H and O–H groups in total. The predicted octanol–water partition coefficient (Wildman–Crippen LogP) is 1.58. The van der Waals surface area contributed by atoms with Crippen LogP contribution in [0.3, 0.4) is 0 Å². The van der Waals surface area contributed by atoms with Crippen LogP contribution in [0.1, 0.15) is 12.2 Å². The minimum Gasteiger partial charge on any atom is -0.380 e.